The minimum atomic E-state index is -0.0771. The van der Waals surface area contributed by atoms with Crippen LogP contribution in [-0.2, 0) is 0 Å². The van der Waals surface area contributed by atoms with E-state index in [-0.39, 0.29) is 36.6 Å². The van der Waals surface area contributed by atoms with Gasteiger partial charge in [-0.3, -0.25) is 4.79 Å². The standard InChI is InChI=1S/C17H20ClN3O2S.2ClH/c1-10-9-24-16(20-10)11-4-3-5-21(8-11)17(22)12-6-13(18)14(19)7-15(12)23-2;;/h6-7,9,11H,3-5,8,19H2,1-2H3;2*1H. The second-order valence-electron chi connectivity index (χ2n) is 5.99. The number of anilines is 1. The Morgan fingerprint density at radius 3 is 2.77 bits per heavy atom. The van der Waals surface area contributed by atoms with Crippen LogP contribution in [0.1, 0.15) is 39.8 Å². The molecule has 1 atom stereocenters. The van der Waals surface area contributed by atoms with Gasteiger partial charge in [0.15, 0.2) is 0 Å². The van der Waals surface area contributed by atoms with E-state index in [4.69, 9.17) is 22.1 Å². The normalized spacial score (nSPS) is 16.4. The number of ether oxygens (including phenoxy) is 1. The van der Waals surface area contributed by atoms with Crippen LogP contribution in [-0.4, -0.2) is 36.0 Å². The number of nitrogens with zero attached hydrogens (tertiary/aromatic N) is 2. The number of amides is 1. The highest BCUT2D eigenvalue weighted by Crippen LogP contribution is 2.33. The largest absolute Gasteiger partial charge is 0.496 e. The lowest BCUT2D eigenvalue weighted by atomic mass is 9.98. The Hall–Kier alpha value is -1.21. The fraction of sp³-hybridized carbons (Fsp3) is 0.412. The van der Waals surface area contributed by atoms with Crippen molar-refractivity contribution in [3.8, 4) is 5.75 Å². The van der Waals surface area contributed by atoms with Gasteiger partial charge in [-0.2, -0.15) is 0 Å². The Kier molecular flexibility index (Phi) is 8.47. The second kappa shape index (κ2) is 9.65. The summed E-state index contributed by atoms with van der Waals surface area (Å²) < 4.78 is 5.31. The van der Waals surface area contributed by atoms with E-state index in [0.717, 1.165) is 30.1 Å². The fourth-order valence-electron chi connectivity index (χ4n) is 3.00. The van der Waals surface area contributed by atoms with E-state index in [9.17, 15) is 4.79 Å². The first-order chi connectivity index (χ1) is 11.5. The maximum absolute atomic E-state index is 13.0. The molecule has 0 bridgehead atoms. The Bertz CT molecular complexity index is 770. The van der Waals surface area contributed by atoms with Crippen molar-refractivity contribution in [3.63, 3.8) is 0 Å². The summed E-state index contributed by atoms with van der Waals surface area (Å²) in [6.45, 7) is 3.38. The highest BCUT2D eigenvalue weighted by atomic mass is 35.5. The number of nitrogen functional groups attached to an aromatic ring is 1. The monoisotopic (exact) mass is 437 g/mol. The number of benzene rings is 1. The molecule has 2 heterocycles. The molecule has 26 heavy (non-hydrogen) atoms. The molecule has 1 aromatic heterocycles. The van der Waals surface area contributed by atoms with Gasteiger partial charge in [-0.15, -0.1) is 36.2 Å². The van der Waals surface area contributed by atoms with E-state index in [2.05, 4.69) is 10.4 Å². The molecule has 9 heteroatoms. The molecule has 0 radical (unpaired) electrons. The van der Waals surface area contributed by atoms with Crippen molar-refractivity contribution >= 4 is 59.3 Å². The van der Waals surface area contributed by atoms with Crippen molar-refractivity contribution in [2.24, 2.45) is 0 Å². The summed E-state index contributed by atoms with van der Waals surface area (Å²) in [6, 6.07) is 3.19. The summed E-state index contributed by atoms with van der Waals surface area (Å²) in [4.78, 5) is 19.4. The van der Waals surface area contributed by atoms with Crippen LogP contribution in [0.15, 0.2) is 17.5 Å². The summed E-state index contributed by atoms with van der Waals surface area (Å²) in [5, 5.41) is 3.52. The number of aryl methyl sites for hydroxylation is 1. The second-order valence-corrected chi connectivity index (χ2v) is 7.29. The van der Waals surface area contributed by atoms with Gasteiger partial charge in [0.25, 0.3) is 5.91 Å². The number of halogens is 3. The summed E-state index contributed by atoms with van der Waals surface area (Å²) >= 11 is 7.76. The average Bonchev–Trinajstić information content (AvgIpc) is 3.03. The van der Waals surface area contributed by atoms with Crippen molar-refractivity contribution in [3.05, 3.63) is 38.8 Å². The number of rotatable bonds is 3. The Balaban J connectivity index is 0.00000169. The smallest absolute Gasteiger partial charge is 0.257 e. The quantitative estimate of drug-likeness (QED) is 0.713. The number of thiazole rings is 1. The van der Waals surface area contributed by atoms with E-state index in [1.165, 1.54) is 7.11 Å². The molecule has 1 fully saturated rings. The van der Waals surface area contributed by atoms with Crippen molar-refractivity contribution in [1.29, 1.82) is 0 Å². The SMILES string of the molecule is COc1cc(N)c(Cl)cc1C(=O)N1CCCC(c2nc(C)cs2)C1.Cl.Cl. The molecule has 1 aliphatic heterocycles. The van der Waals surface area contributed by atoms with E-state index in [0.29, 0.717) is 28.6 Å². The lowest BCUT2D eigenvalue weighted by Gasteiger charge is -2.32. The third-order valence-corrected chi connectivity index (χ3v) is 5.70. The molecule has 0 saturated carbocycles. The van der Waals surface area contributed by atoms with Gasteiger partial charge in [0, 0.05) is 36.1 Å². The zero-order valence-electron chi connectivity index (χ0n) is 14.5. The van der Waals surface area contributed by atoms with Crippen LogP contribution in [0.4, 0.5) is 5.69 Å². The van der Waals surface area contributed by atoms with Gasteiger partial charge in [0.2, 0.25) is 0 Å². The third-order valence-electron chi connectivity index (χ3n) is 4.24. The summed E-state index contributed by atoms with van der Waals surface area (Å²) in [6.07, 6.45) is 2.01. The maximum atomic E-state index is 13.0. The number of methoxy groups -OCH3 is 1. The molecule has 1 unspecified atom stereocenters. The molecule has 1 aromatic carbocycles. The molecule has 0 aliphatic carbocycles. The predicted octanol–water partition coefficient (Wildman–Crippen LogP) is 4.56. The van der Waals surface area contributed by atoms with Crippen LogP contribution in [0.5, 0.6) is 5.75 Å². The first kappa shape index (κ1) is 22.8. The number of aromatic nitrogens is 1. The van der Waals surface area contributed by atoms with Crippen molar-refractivity contribution in [2.75, 3.05) is 25.9 Å². The van der Waals surface area contributed by atoms with E-state index in [1.54, 1.807) is 23.5 Å². The van der Waals surface area contributed by atoms with Crippen molar-refractivity contribution < 1.29 is 9.53 Å². The molecule has 144 valence electrons. The van der Waals surface area contributed by atoms with Gasteiger partial charge in [-0.25, -0.2) is 4.98 Å². The minimum Gasteiger partial charge on any atom is -0.496 e. The lowest BCUT2D eigenvalue weighted by molar-refractivity contribution is 0.0703. The number of hydrogen-bond acceptors (Lipinski definition) is 5. The number of nitrogens with two attached hydrogens (primary N) is 1. The van der Waals surface area contributed by atoms with Crippen LogP contribution in [0.2, 0.25) is 5.02 Å². The molecule has 5 nitrogen and oxygen atoms in total. The Labute approximate surface area is 174 Å². The molecule has 2 aromatic rings. The molecule has 2 N–H and O–H groups in total. The topological polar surface area (TPSA) is 68.5 Å². The van der Waals surface area contributed by atoms with Gasteiger partial charge in [0.05, 0.1) is 28.4 Å². The van der Waals surface area contributed by atoms with Gasteiger partial charge in [0.1, 0.15) is 5.75 Å². The van der Waals surface area contributed by atoms with Crippen LogP contribution in [0.25, 0.3) is 0 Å². The van der Waals surface area contributed by atoms with E-state index >= 15 is 0 Å². The molecule has 1 saturated heterocycles. The van der Waals surface area contributed by atoms with E-state index < -0.39 is 0 Å². The molecule has 0 spiro atoms. The highest BCUT2D eigenvalue weighted by molar-refractivity contribution is 7.09. The van der Waals surface area contributed by atoms with Gasteiger partial charge >= 0.3 is 0 Å². The molecular weight excluding hydrogens is 417 g/mol. The van der Waals surface area contributed by atoms with E-state index in [1.807, 2.05) is 11.8 Å². The summed E-state index contributed by atoms with van der Waals surface area (Å²) in [5.41, 5.74) is 7.69. The zero-order chi connectivity index (χ0) is 17.3. The lowest BCUT2D eigenvalue weighted by Crippen LogP contribution is -2.39. The number of carbonyl (C=O) groups is 1. The highest BCUT2D eigenvalue weighted by Gasteiger charge is 2.29. The predicted molar refractivity (Wildman–Crippen MR) is 112 cm³/mol. The first-order valence-corrected chi connectivity index (χ1v) is 9.09. The van der Waals surface area contributed by atoms with Gasteiger partial charge < -0.3 is 15.4 Å². The Morgan fingerprint density at radius 1 is 1.42 bits per heavy atom. The molecule has 1 aliphatic rings. The number of piperidine rings is 1. The first-order valence-electron chi connectivity index (χ1n) is 7.84. The van der Waals surface area contributed by atoms with Gasteiger partial charge in [-0.05, 0) is 25.8 Å². The van der Waals surface area contributed by atoms with Crippen LogP contribution in [0.3, 0.4) is 0 Å². The zero-order valence-corrected chi connectivity index (χ0v) is 17.7. The number of carbonyl (C=O) groups excluding carboxylic acids is 1. The Morgan fingerprint density at radius 2 is 2.15 bits per heavy atom. The van der Waals surface area contributed by atoms with Crippen LogP contribution in [0, 0.1) is 6.92 Å². The van der Waals surface area contributed by atoms with Crippen molar-refractivity contribution in [2.45, 2.75) is 25.7 Å². The number of hydrogen-bond donors (Lipinski definition) is 1. The maximum Gasteiger partial charge on any atom is 0.257 e. The molecular formula is C17H22Cl3N3O2S. The minimum absolute atomic E-state index is 0. The van der Waals surface area contributed by atoms with Gasteiger partial charge in [-0.1, -0.05) is 11.6 Å². The third kappa shape index (κ3) is 4.74. The van der Waals surface area contributed by atoms with Crippen LogP contribution >= 0.6 is 47.8 Å². The number of likely N-dealkylation sites (tertiary alicyclic amines) is 1. The molecule has 3 rings (SSSR count). The fourth-order valence-corrected chi connectivity index (χ4v) is 4.09. The average molecular weight is 439 g/mol. The van der Waals surface area contributed by atoms with Crippen molar-refractivity contribution in [1.82, 2.24) is 9.88 Å². The summed E-state index contributed by atoms with van der Waals surface area (Å²) in [5.74, 6) is 0.664. The summed E-state index contributed by atoms with van der Waals surface area (Å²) in [7, 11) is 1.52. The van der Waals surface area contributed by atoms with Crippen LogP contribution < -0.4 is 10.5 Å². The molecule has 1 amide bonds.